The second-order valence-electron chi connectivity index (χ2n) is 6.35. The molecule has 1 aliphatic rings. The van der Waals surface area contributed by atoms with E-state index in [9.17, 15) is 9.59 Å². The van der Waals surface area contributed by atoms with E-state index in [0.29, 0.717) is 6.42 Å². The maximum atomic E-state index is 12.1. The lowest BCUT2D eigenvalue weighted by molar-refractivity contribution is -0.121. The Morgan fingerprint density at radius 1 is 1.29 bits per heavy atom. The monoisotopic (exact) mass is 346 g/mol. The molecule has 3 rings (SSSR count). The quantitative estimate of drug-likeness (QED) is 0.920. The minimum Gasteiger partial charge on any atom is -0.353 e. The SMILES string of the molecule is Cc1ccc(=O)n(C2CCC(NC(=O)Cc3cnc(C)s3)CC2)n1. The predicted molar refractivity (Wildman–Crippen MR) is 93.2 cm³/mol. The van der Waals surface area contributed by atoms with Gasteiger partial charge in [-0.25, -0.2) is 9.67 Å². The molecule has 0 aliphatic heterocycles. The van der Waals surface area contributed by atoms with Crippen LogP contribution in [-0.4, -0.2) is 26.7 Å². The number of nitrogens with zero attached hydrogens (tertiary/aromatic N) is 3. The fourth-order valence-corrected chi connectivity index (χ4v) is 3.96. The van der Waals surface area contributed by atoms with Gasteiger partial charge in [-0.05, 0) is 45.6 Å². The molecule has 1 aliphatic carbocycles. The molecule has 1 amide bonds. The Bertz CT molecular complexity index is 775. The van der Waals surface area contributed by atoms with Gasteiger partial charge >= 0.3 is 0 Å². The maximum Gasteiger partial charge on any atom is 0.267 e. The third-order valence-corrected chi connectivity index (χ3v) is 5.28. The Hall–Kier alpha value is -2.02. The topological polar surface area (TPSA) is 76.9 Å². The van der Waals surface area contributed by atoms with E-state index in [-0.39, 0.29) is 23.6 Å². The lowest BCUT2D eigenvalue weighted by Crippen LogP contribution is -2.40. The predicted octanol–water partition coefficient (Wildman–Crippen LogP) is 2.16. The van der Waals surface area contributed by atoms with Crippen molar-refractivity contribution in [1.29, 1.82) is 0 Å². The third-order valence-electron chi connectivity index (χ3n) is 4.37. The Morgan fingerprint density at radius 3 is 2.71 bits per heavy atom. The van der Waals surface area contributed by atoms with Crippen LogP contribution in [0.25, 0.3) is 0 Å². The normalized spacial score (nSPS) is 20.8. The van der Waals surface area contributed by atoms with Crippen LogP contribution >= 0.6 is 11.3 Å². The number of hydrogen-bond acceptors (Lipinski definition) is 5. The van der Waals surface area contributed by atoms with Gasteiger partial charge in [-0.2, -0.15) is 5.10 Å². The molecule has 1 fully saturated rings. The molecule has 2 heterocycles. The van der Waals surface area contributed by atoms with E-state index in [1.54, 1.807) is 34.3 Å². The number of rotatable bonds is 4. The van der Waals surface area contributed by atoms with Crippen LogP contribution in [0.2, 0.25) is 0 Å². The van der Waals surface area contributed by atoms with Crippen LogP contribution in [0.5, 0.6) is 0 Å². The van der Waals surface area contributed by atoms with Crippen molar-refractivity contribution in [2.24, 2.45) is 0 Å². The van der Waals surface area contributed by atoms with Crippen molar-refractivity contribution in [3.05, 3.63) is 44.3 Å². The fourth-order valence-electron chi connectivity index (χ4n) is 3.17. The second kappa shape index (κ2) is 7.25. The van der Waals surface area contributed by atoms with Gasteiger partial charge in [0.1, 0.15) is 0 Å². The first-order valence-corrected chi connectivity index (χ1v) is 9.10. The van der Waals surface area contributed by atoms with Gasteiger partial charge in [0.05, 0.1) is 23.2 Å². The van der Waals surface area contributed by atoms with Crippen molar-refractivity contribution in [2.45, 2.75) is 58.0 Å². The molecule has 24 heavy (non-hydrogen) atoms. The summed E-state index contributed by atoms with van der Waals surface area (Å²) in [5, 5.41) is 8.44. The van der Waals surface area contributed by atoms with E-state index in [4.69, 9.17) is 0 Å². The van der Waals surface area contributed by atoms with Crippen molar-refractivity contribution in [2.75, 3.05) is 0 Å². The molecule has 0 unspecified atom stereocenters. The Morgan fingerprint density at radius 2 is 2.04 bits per heavy atom. The van der Waals surface area contributed by atoms with Gasteiger partial charge in [0, 0.05) is 23.2 Å². The molecule has 0 aromatic carbocycles. The van der Waals surface area contributed by atoms with Gasteiger partial charge < -0.3 is 5.32 Å². The Balaban J connectivity index is 1.52. The number of hydrogen-bond donors (Lipinski definition) is 1. The molecule has 0 bridgehead atoms. The number of amides is 1. The molecule has 2 aromatic rings. The Labute approximate surface area is 144 Å². The van der Waals surface area contributed by atoms with Gasteiger partial charge in [-0.3, -0.25) is 9.59 Å². The highest BCUT2D eigenvalue weighted by Crippen LogP contribution is 2.27. The van der Waals surface area contributed by atoms with Crippen molar-refractivity contribution in [3.8, 4) is 0 Å². The van der Waals surface area contributed by atoms with Gasteiger partial charge in [0.25, 0.3) is 5.56 Å². The summed E-state index contributed by atoms with van der Waals surface area (Å²) in [5.74, 6) is 0.0490. The molecular formula is C17H22N4O2S. The number of thiazole rings is 1. The van der Waals surface area contributed by atoms with Crippen LogP contribution in [0.1, 0.15) is 47.3 Å². The van der Waals surface area contributed by atoms with Gasteiger partial charge in [0.15, 0.2) is 0 Å². The Kier molecular flexibility index (Phi) is 5.08. The van der Waals surface area contributed by atoms with Crippen LogP contribution < -0.4 is 10.9 Å². The van der Waals surface area contributed by atoms with Gasteiger partial charge in [-0.15, -0.1) is 11.3 Å². The molecule has 2 aromatic heterocycles. The zero-order valence-corrected chi connectivity index (χ0v) is 14.8. The maximum absolute atomic E-state index is 12.1. The first-order chi connectivity index (χ1) is 11.5. The van der Waals surface area contributed by atoms with E-state index in [1.165, 1.54) is 0 Å². The number of aromatic nitrogens is 3. The average Bonchev–Trinajstić information content (AvgIpc) is 2.95. The lowest BCUT2D eigenvalue weighted by atomic mass is 9.91. The van der Waals surface area contributed by atoms with Gasteiger partial charge in [-0.1, -0.05) is 0 Å². The first-order valence-electron chi connectivity index (χ1n) is 8.28. The standard InChI is InChI=1S/C17H22N4O2S/c1-11-3-8-17(23)21(20-11)14-6-4-13(5-7-14)19-16(22)9-15-10-18-12(2)24-15/h3,8,10,13-14H,4-7,9H2,1-2H3,(H,19,22). The molecule has 0 spiro atoms. The van der Waals surface area contributed by atoms with E-state index in [0.717, 1.165) is 41.3 Å². The molecule has 7 heteroatoms. The van der Waals surface area contributed by atoms with Crippen molar-refractivity contribution in [3.63, 3.8) is 0 Å². The average molecular weight is 346 g/mol. The zero-order valence-electron chi connectivity index (χ0n) is 14.0. The summed E-state index contributed by atoms with van der Waals surface area (Å²) in [6.07, 6.45) is 5.64. The molecular weight excluding hydrogens is 324 g/mol. The molecule has 1 saturated carbocycles. The van der Waals surface area contributed by atoms with E-state index < -0.39 is 0 Å². The number of nitrogens with one attached hydrogen (secondary N) is 1. The summed E-state index contributed by atoms with van der Waals surface area (Å²) in [6, 6.07) is 3.64. The van der Waals surface area contributed by atoms with Crippen LogP contribution in [0.4, 0.5) is 0 Å². The number of aryl methyl sites for hydroxylation is 2. The first kappa shape index (κ1) is 16.8. The van der Waals surface area contributed by atoms with Gasteiger partial charge in [0.2, 0.25) is 5.91 Å². The summed E-state index contributed by atoms with van der Waals surface area (Å²) in [7, 11) is 0. The summed E-state index contributed by atoms with van der Waals surface area (Å²) >= 11 is 1.56. The lowest BCUT2D eigenvalue weighted by Gasteiger charge is -2.29. The van der Waals surface area contributed by atoms with E-state index in [1.807, 2.05) is 13.8 Å². The molecule has 128 valence electrons. The van der Waals surface area contributed by atoms with Crippen LogP contribution in [0.3, 0.4) is 0 Å². The van der Waals surface area contributed by atoms with Crippen molar-refractivity contribution >= 4 is 17.2 Å². The van der Waals surface area contributed by atoms with E-state index in [2.05, 4.69) is 15.4 Å². The molecule has 0 saturated heterocycles. The van der Waals surface area contributed by atoms with Crippen LogP contribution in [0.15, 0.2) is 23.1 Å². The van der Waals surface area contributed by atoms with Crippen molar-refractivity contribution < 1.29 is 4.79 Å². The summed E-state index contributed by atoms with van der Waals surface area (Å²) in [4.78, 5) is 29.3. The summed E-state index contributed by atoms with van der Waals surface area (Å²) < 4.78 is 1.60. The summed E-state index contributed by atoms with van der Waals surface area (Å²) in [5.41, 5.74) is 0.804. The zero-order chi connectivity index (χ0) is 17.1. The number of carbonyl (C=O) groups excluding carboxylic acids is 1. The van der Waals surface area contributed by atoms with Crippen LogP contribution in [0, 0.1) is 13.8 Å². The van der Waals surface area contributed by atoms with Crippen LogP contribution in [-0.2, 0) is 11.2 Å². The molecule has 0 radical (unpaired) electrons. The highest BCUT2D eigenvalue weighted by atomic mass is 32.1. The fraction of sp³-hybridized carbons (Fsp3) is 0.529. The third kappa shape index (κ3) is 4.08. The largest absolute Gasteiger partial charge is 0.353 e. The molecule has 1 N–H and O–H groups in total. The minimum absolute atomic E-state index is 0.0475. The minimum atomic E-state index is -0.0475. The van der Waals surface area contributed by atoms with E-state index >= 15 is 0 Å². The smallest absolute Gasteiger partial charge is 0.267 e. The molecule has 0 atom stereocenters. The second-order valence-corrected chi connectivity index (χ2v) is 7.67. The van der Waals surface area contributed by atoms with Crippen molar-refractivity contribution in [1.82, 2.24) is 20.1 Å². The summed E-state index contributed by atoms with van der Waals surface area (Å²) in [6.45, 7) is 3.83. The highest BCUT2D eigenvalue weighted by molar-refractivity contribution is 7.11. The molecule has 6 nitrogen and oxygen atoms in total. The number of carbonyl (C=O) groups is 1. The highest BCUT2D eigenvalue weighted by Gasteiger charge is 2.24.